The van der Waals surface area contributed by atoms with Crippen LogP contribution in [0.25, 0.3) is 0 Å². The summed E-state index contributed by atoms with van der Waals surface area (Å²) in [5.41, 5.74) is -0.492. The number of carboxylic acids is 1. The fraction of sp³-hybridized carbons (Fsp3) is 0.0667. The second kappa shape index (κ2) is 7.82. The highest BCUT2D eigenvalue weighted by Gasteiger charge is 2.17. The highest BCUT2D eigenvalue weighted by Crippen LogP contribution is 2.30. The van der Waals surface area contributed by atoms with E-state index in [0.29, 0.717) is 0 Å². The first-order valence-electron chi connectivity index (χ1n) is 6.68. The van der Waals surface area contributed by atoms with Crippen LogP contribution in [0.5, 0.6) is 5.75 Å². The first-order chi connectivity index (χ1) is 11.8. The molecule has 0 aliphatic heterocycles. The van der Waals surface area contributed by atoms with Crippen LogP contribution in [0.4, 0.5) is 11.4 Å². The van der Waals surface area contributed by atoms with Crippen molar-refractivity contribution in [3.63, 3.8) is 0 Å². The van der Waals surface area contributed by atoms with Crippen molar-refractivity contribution in [3.05, 3.63) is 62.1 Å². The third-order valence-electron chi connectivity index (χ3n) is 2.98. The van der Waals surface area contributed by atoms with E-state index in [9.17, 15) is 19.7 Å². The minimum Gasteiger partial charge on any atom is -0.478 e. The van der Waals surface area contributed by atoms with E-state index >= 15 is 0 Å². The molecule has 0 aliphatic rings. The molecule has 0 unspecified atom stereocenters. The zero-order valence-electron chi connectivity index (χ0n) is 12.4. The molecule has 2 rings (SSSR count). The molecule has 2 N–H and O–H groups in total. The van der Waals surface area contributed by atoms with E-state index in [2.05, 4.69) is 5.32 Å². The molecule has 0 radical (unpaired) electrons. The lowest BCUT2D eigenvalue weighted by Gasteiger charge is -2.10. The van der Waals surface area contributed by atoms with E-state index in [1.54, 1.807) is 0 Å². The topological polar surface area (TPSA) is 119 Å². The van der Waals surface area contributed by atoms with Gasteiger partial charge in [0.2, 0.25) is 0 Å². The second-order valence-electron chi connectivity index (χ2n) is 4.68. The highest BCUT2D eigenvalue weighted by molar-refractivity contribution is 6.38. The van der Waals surface area contributed by atoms with Gasteiger partial charge in [-0.3, -0.25) is 14.9 Å². The number of carbonyl (C=O) groups is 2. The lowest BCUT2D eigenvalue weighted by molar-refractivity contribution is -0.385. The lowest BCUT2D eigenvalue weighted by atomic mass is 10.2. The Morgan fingerprint density at radius 2 is 1.88 bits per heavy atom. The minimum absolute atomic E-state index is 0.0274. The Kier molecular flexibility index (Phi) is 5.79. The molecule has 8 nitrogen and oxygen atoms in total. The molecular weight excluding hydrogens is 375 g/mol. The Hall–Kier alpha value is -2.84. The Morgan fingerprint density at radius 1 is 1.20 bits per heavy atom. The summed E-state index contributed by atoms with van der Waals surface area (Å²) in [6, 6.07) is 7.87. The van der Waals surface area contributed by atoms with Crippen LogP contribution in [-0.4, -0.2) is 28.5 Å². The van der Waals surface area contributed by atoms with Gasteiger partial charge in [-0.1, -0.05) is 35.3 Å². The standard InChI is InChI=1S/C15H10Cl2N2O6/c16-9-6-10(17)11(5-8(9)15(21)22)18-14(20)7-25-13-4-2-1-3-12(13)19(23)24/h1-6H,7H2,(H,18,20)(H,21,22). The summed E-state index contributed by atoms with van der Waals surface area (Å²) in [6.07, 6.45) is 0. The van der Waals surface area contributed by atoms with Crippen molar-refractivity contribution >= 4 is 46.5 Å². The van der Waals surface area contributed by atoms with Gasteiger partial charge in [-0.2, -0.15) is 0 Å². The van der Waals surface area contributed by atoms with Gasteiger partial charge in [0, 0.05) is 6.07 Å². The number of rotatable bonds is 6. The van der Waals surface area contributed by atoms with Crippen molar-refractivity contribution in [1.82, 2.24) is 0 Å². The van der Waals surface area contributed by atoms with Crippen molar-refractivity contribution in [3.8, 4) is 5.75 Å². The van der Waals surface area contributed by atoms with Gasteiger partial charge in [-0.15, -0.1) is 0 Å². The molecule has 0 aliphatic carbocycles. The fourth-order valence-electron chi connectivity index (χ4n) is 1.87. The number of amides is 1. The fourth-order valence-corrected chi connectivity index (χ4v) is 2.38. The molecule has 1 amide bonds. The number of anilines is 1. The van der Waals surface area contributed by atoms with Crippen molar-refractivity contribution < 1.29 is 24.4 Å². The predicted molar refractivity (Wildman–Crippen MR) is 90.6 cm³/mol. The number of carboxylic acid groups (broad SMARTS) is 1. The van der Waals surface area contributed by atoms with Gasteiger partial charge in [0.1, 0.15) is 0 Å². The molecule has 2 aromatic carbocycles. The average Bonchev–Trinajstić information content (AvgIpc) is 2.55. The zero-order valence-corrected chi connectivity index (χ0v) is 13.9. The molecule has 0 spiro atoms. The molecule has 0 saturated carbocycles. The number of halogens is 2. The molecule has 0 saturated heterocycles. The third kappa shape index (κ3) is 4.59. The van der Waals surface area contributed by atoms with E-state index in [1.807, 2.05) is 0 Å². The summed E-state index contributed by atoms with van der Waals surface area (Å²) in [6.45, 7) is -0.536. The summed E-state index contributed by atoms with van der Waals surface area (Å²) >= 11 is 11.7. The van der Waals surface area contributed by atoms with Crippen LogP contribution in [0, 0.1) is 10.1 Å². The van der Waals surface area contributed by atoms with Crippen molar-refractivity contribution in [2.75, 3.05) is 11.9 Å². The lowest BCUT2D eigenvalue weighted by Crippen LogP contribution is -2.21. The number of ether oxygens (including phenoxy) is 1. The van der Waals surface area contributed by atoms with Crippen molar-refractivity contribution in [1.29, 1.82) is 0 Å². The molecular formula is C15H10Cl2N2O6. The van der Waals surface area contributed by atoms with Crippen LogP contribution in [0.3, 0.4) is 0 Å². The smallest absolute Gasteiger partial charge is 0.337 e. The van der Waals surface area contributed by atoms with Crippen molar-refractivity contribution in [2.45, 2.75) is 0 Å². The third-order valence-corrected chi connectivity index (χ3v) is 3.61. The SMILES string of the molecule is O=C(COc1ccccc1[N+](=O)[O-])Nc1cc(C(=O)O)c(Cl)cc1Cl. The van der Waals surface area contributed by atoms with Gasteiger partial charge in [-0.25, -0.2) is 4.79 Å². The van der Waals surface area contributed by atoms with Crippen LogP contribution in [-0.2, 0) is 4.79 Å². The van der Waals surface area contributed by atoms with Crippen LogP contribution in [0.15, 0.2) is 36.4 Å². The minimum atomic E-state index is -1.28. The van der Waals surface area contributed by atoms with Gasteiger partial charge < -0.3 is 15.2 Å². The summed E-state index contributed by atoms with van der Waals surface area (Å²) in [5.74, 6) is -2.04. The summed E-state index contributed by atoms with van der Waals surface area (Å²) in [5, 5.41) is 22.2. The maximum atomic E-state index is 11.9. The monoisotopic (exact) mass is 384 g/mol. The van der Waals surface area contributed by atoms with Gasteiger partial charge in [-0.05, 0) is 18.2 Å². The summed E-state index contributed by atoms with van der Waals surface area (Å²) in [4.78, 5) is 33.2. The number of carbonyl (C=O) groups excluding carboxylic acids is 1. The Balaban J connectivity index is 2.10. The number of nitro benzene ring substituents is 1. The van der Waals surface area contributed by atoms with E-state index in [4.69, 9.17) is 33.0 Å². The quantitative estimate of drug-likeness (QED) is 0.579. The van der Waals surface area contributed by atoms with Gasteiger partial charge in [0.15, 0.2) is 12.4 Å². The molecule has 0 fully saturated rings. The number of aromatic carboxylic acids is 1. The Bertz CT molecular complexity index is 856. The maximum absolute atomic E-state index is 11.9. The zero-order chi connectivity index (χ0) is 18.6. The van der Waals surface area contributed by atoms with Crippen LogP contribution < -0.4 is 10.1 Å². The van der Waals surface area contributed by atoms with Crippen molar-refractivity contribution in [2.24, 2.45) is 0 Å². The van der Waals surface area contributed by atoms with E-state index in [0.717, 1.165) is 6.07 Å². The molecule has 0 atom stereocenters. The summed E-state index contributed by atoms with van der Waals surface area (Å²) < 4.78 is 5.13. The summed E-state index contributed by atoms with van der Waals surface area (Å²) in [7, 11) is 0. The van der Waals surface area contributed by atoms with E-state index in [1.165, 1.54) is 30.3 Å². The van der Waals surface area contributed by atoms with Gasteiger partial charge in [0.25, 0.3) is 5.91 Å². The molecule has 10 heteroatoms. The van der Waals surface area contributed by atoms with Gasteiger partial charge >= 0.3 is 11.7 Å². The first kappa shape index (κ1) is 18.5. The number of hydrogen-bond donors (Lipinski definition) is 2. The number of benzene rings is 2. The molecule has 2 aromatic rings. The molecule has 0 bridgehead atoms. The number of para-hydroxylation sites is 2. The van der Waals surface area contributed by atoms with Gasteiger partial charge in [0.05, 0.1) is 26.2 Å². The largest absolute Gasteiger partial charge is 0.478 e. The average molecular weight is 385 g/mol. The number of nitrogens with zero attached hydrogens (tertiary/aromatic N) is 1. The molecule has 130 valence electrons. The Labute approximate surface area is 151 Å². The normalized spacial score (nSPS) is 10.2. The Morgan fingerprint density at radius 3 is 2.52 bits per heavy atom. The van der Waals surface area contributed by atoms with Crippen LogP contribution >= 0.6 is 23.2 Å². The second-order valence-corrected chi connectivity index (χ2v) is 5.49. The first-order valence-corrected chi connectivity index (χ1v) is 7.43. The molecule has 0 heterocycles. The number of nitrogens with one attached hydrogen (secondary N) is 1. The van der Waals surface area contributed by atoms with E-state index < -0.39 is 23.4 Å². The van der Waals surface area contributed by atoms with Crippen LogP contribution in [0.2, 0.25) is 10.0 Å². The van der Waals surface area contributed by atoms with E-state index in [-0.39, 0.29) is 32.7 Å². The van der Waals surface area contributed by atoms with Crippen LogP contribution in [0.1, 0.15) is 10.4 Å². The predicted octanol–water partition coefficient (Wildman–Crippen LogP) is 3.62. The molecule has 0 aromatic heterocycles. The number of nitro groups is 1. The highest BCUT2D eigenvalue weighted by atomic mass is 35.5. The number of hydrogen-bond acceptors (Lipinski definition) is 5. The maximum Gasteiger partial charge on any atom is 0.337 e. The molecule has 25 heavy (non-hydrogen) atoms.